The topological polar surface area (TPSA) is 80.5 Å². The molecule has 1 aliphatic rings. The first kappa shape index (κ1) is 17.7. The summed E-state index contributed by atoms with van der Waals surface area (Å²) in [5.74, 6) is 0.347. The number of likely N-dealkylation sites (tertiary alicyclic amines) is 1. The molecule has 0 radical (unpaired) electrons. The quantitative estimate of drug-likeness (QED) is 0.888. The summed E-state index contributed by atoms with van der Waals surface area (Å²) in [6.45, 7) is 5.40. The Kier molecular flexibility index (Phi) is 5.93. The van der Waals surface area contributed by atoms with Crippen molar-refractivity contribution in [3.63, 3.8) is 0 Å². The van der Waals surface area contributed by atoms with Gasteiger partial charge < -0.3 is 10.6 Å². The van der Waals surface area contributed by atoms with Crippen LogP contribution in [-0.4, -0.2) is 39.3 Å². The van der Waals surface area contributed by atoms with Crippen LogP contribution in [0.25, 0.3) is 0 Å². The van der Waals surface area contributed by atoms with Gasteiger partial charge in [-0.15, -0.1) is 0 Å². The second kappa shape index (κ2) is 7.73. The van der Waals surface area contributed by atoms with Gasteiger partial charge in [0.05, 0.1) is 0 Å². The van der Waals surface area contributed by atoms with Gasteiger partial charge in [0.1, 0.15) is 5.25 Å². The molecular formula is C17H24N2O3S. The number of carbonyl (C=O) groups is 2. The summed E-state index contributed by atoms with van der Waals surface area (Å²) in [5.41, 5.74) is 6.40. The Labute approximate surface area is 139 Å². The molecule has 1 saturated heterocycles. The van der Waals surface area contributed by atoms with Crippen molar-refractivity contribution >= 4 is 22.6 Å². The Hall–Kier alpha value is -1.69. The lowest BCUT2D eigenvalue weighted by Gasteiger charge is -2.32. The van der Waals surface area contributed by atoms with Crippen LogP contribution < -0.4 is 5.73 Å². The third-order valence-electron chi connectivity index (χ3n) is 4.36. The summed E-state index contributed by atoms with van der Waals surface area (Å²) in [6.07, 6.45) is 2.01. The molecule has 1 aliphatic heterocycles. The average molecular weight is 336 g/mol. The number of nitrogens with zero attached hydrogens (tertiary/aromatic N) is 1. The predicted octanol–water partition coefficient (Wildman–Crippen LogP) is 1.68. The first-order valence-electron chi connectivity index (χ1n) is 7.93. The molecule has 1 heterocycles. The maximum absolute atomic E-state index is 12.5. The van der Waals surface area contributed by atoms with Crippen molar-refractivity contribution in [1.82, 2.24) is 4.90 Å². The normalized spacial score (nSPS) is 18.4. The molecule has 1 aromatic carbocycles. The zero-order valence-electron chi connectivity index (χ0n) is 13.7. The molecule has 0 aliphatic carbocycles. The molecule has 126 valence electrons. The van der Waals surface area contributed by atoms with Crippen molar-refractivity contribution in [2.24, 2.45) is 11.7 Å². The second-order valence-corrected chi connectivity index (χ2v) is 8.00. The molecule has 2 rings (SSSR count). The smallest absolute Gasteiger partial charge is 0.248 e. The Morgan fingerprint density at radius 2 is 2.00 bits per heavy atom. The molecule has 0 bridgehead atoms. The summed E-state index contributed by atoms with van der Waals surface area (Å²) >= 11 is 0. The lowest BCUT2D eigenvalue weighted by atomic mass is 9.99. The molecule has 0 spiro atoms. The Bertz CT molecular complexity index is 610. The number of amides is 2. The summed E-state index contributed by atoms with van der Waals surface area (Å²) in [6, 6.07) is 6.77. The fourth-order valence-corrected chi connectivity index (χ4v) is 3.83. The summed E-state index contributed by atoms with van der Waals surface area (Å²) in [7, 11) is -1.32. The summed E-state index contributed by atoms with van der Waals surface area (Å²) in [4.78, 5) is 25.5. The van der Waals surface area contributed by atoms with E-state index in [0.717, 1.165) is 31.5 Å². The highest BCUT2D eigenvalue weighted by molar-refractivity contribution is 7.85. The van der Waals surface area contributed by atoms with Crippen molar-refractivity contribution in [2.45, 2.75) is 37.7 Å². The zero-order chi connectivity index (χ0) is 17.0. The van der Waals surface area contributed by atoms with E-state index in [2.05, 4.69) is 6.92 Å². The molecule has 23 heavy (non-hydrogen) atoms. The summed E-state index contributed by atoms with van der Waals surface area (Å²) < 4.78 is 12.5. The number of hydrogen-bond acceptors (Lipinski definition) is 3. The number of primary amides is 1. The number of carbonyl (C=O) groups excluding carboxylic acids is 2. The van der Waals surface area contributed by atoms with E-state index in [1.807, 2.05) is 4.90 Å². The van der Waals surface area contributed by atoms with Crippen LogP contribution in [0, 0.1) is 5.92 Å². The SMILES string of the molecule is CC1CCN(C(=O)[C@@H](C)[S@](=O)Cc2cccc(C(N)=O)c2)CC1. The van der Waals surface area contributed by atoms with Gasteiger partial charge in [0.2, 0.25) is 11.8 Å². The van der Waals surface area contributed by atoms with Crippen LogP contribution in [0.5, 0.6) is 0 Å². The van der Waals surface area contributed by atoms with Crippen LogP contribution in [-0.2, 0) is 21.3 Å². The van der Waals surface area contributed by atoms with Crippen molar-refractivity contribution < 1.29 is 13.8 Å². The van der Waals surface area contributed by atoms with Crippen LogP contribution in [0.4, 0.5) is 0 Å². The van der Waals surface area contributed by atoms with E-state index >= 15 is 0 Å². The number of rotatable bonds is 5. The maximum Gasteiger partial charge on any atom is 0.248 e. The van der Waals surface area contributed by atoms with Gasteiger partial charge in [0.15, 0.2) is 0 Å². The van der Waals surface area contributed by atoms with Crippen LogP contribution in [0.1, 0.15) is 42.6 Å². The fraction of sp³-hybridized carbons (Fsp3) is 0.529. The van der Waals surface area contributed by atoms with Crippen molar-refractivity contribution in [3.05, 3.63) is 35.4 Å². The van der Waals surface area contributed by atoms with Crippen LogP contribution >= 0.6 is 0 Å². The van der Waals surface area contributed by atoms with Crippen molar-refractivity contribution in [3.8, 4) is 0 Å². The number of piperidine rings is 1. The minimum absolute atomic E-state index is 0.0405. The van der Waals surface area contributed by atoms with E-state index in [-0.39, 0.29) is 11.7 Å². The molecule has 0 saturated carbocycles. The van der Waals surface area contributed by atoms with Crippen LogP contribution in [0.15, 0.2) is 24.3 Å². The third-order valence-corrected chi connectivity index (χ3v) is 5.97. The number of benzene rings is 1. The lowest BCUT2D eigenvalue weighted by molar-refractivity contribution is -0.131. The number of nitrogens with two attached hydrogens (primary N) is 1. The van der Waals surface area contributed by atoms with E-state index < -0.39 is 22.0 Å². The largest absolute Gasteiger partial charge is 0.366 e. The first-order valence-corrected chi connectivity index (χ1v) is 9.31. The van der Waals surface area contributed by atoms with Gasteiger partial charge in [0, 0.05) is 35.2 Å². The Morgan fingerprint density at radius 3 is 2.61 bits per heavy atom. The minimum atomic E-state index is -1.32. The number of hydrogen-bond donors (Lipinski definition) is 1. The standard InChI is InChI=1S/C17H24N2O3S/c1-12-6-8-19(9-7-12)17(21)13(2)23(22)11-14-4-3-5-15(10-14)16(18)20/h3-5,10,12-13H,6-9,11H2,1-2H3,(H2,18,20)/t13-,23-/m1/s1. The van der Waals surface area contributed by atoms with E-state index in [0.29, 0.717) is 11.5 Å². The van der Waals surface area contributed by atoms with Gasteiger partial charge in [-0.1, -0.05) is 19.1 Å². The van der Waals surface area contributed by atoms with Gasteiger partial charge in [-0.05, 0) is 43.4 Å². The Morgan fingerprint density at radius 1 is 1.35 bits per heavy atom. The van der Waals surface area contributed by atoms with Gasteiger partial charge in [0.25, 0.3) is 0 Å². The highest BCUT2D eigenvalue weighted by Gasteiger charge is 2.27. The van der Waals surface area contributed by atoms with E-state index in [1.54, 1.807) is 31.2 Å². The van der Waals surface area contributed by atoms with Gasteiger partial charge in [-0.25, -0.2) is 0 Å². The van der Waals surface area contributed by atoms with E-state index in [4.69, 9.17) is 5.73 Å². The molecule has 1 aromatic rings. The monoisotopic (exact) mass is 336 g/mol. The third kappa shape index (κ3) is 4.64. The van der Waals surface area contributed by atoms with Gasteiger partial charge in [-0.3, -0.25) is 13.8 Å². The molecular weight excluding hydrogens is 312 g/mol. The highest BCUT2D eigenvalue weighted by atomic mass is 32.2. The van der Waals surface area contributed by atoms with Crippen LogP contribution in [0.3, 0.4) is 0 Å². The molecule has 0 unspecified atom stereocenters. The average Bonchev–Trinajstić information content (AvgIpc) is 2.54. The summed E-state index contributed by atoms with van der Waals surface area (Å²) in [5, 5.41) is -0.541. The first-order chi connectivity index (χ1) is 10.9. The van der Waals surface area contributed by atoms with Crippen molar-refractivity contribution in [2.75, 3.05) is 13.1 Å². The van der Waals surface area contributed by atoms with Gasteiger partial charge in [-0.2, -0.15) is 0 Å². The lowest BCUT2D eigenvalue weighted by Crippen LogP contribution is -2.44. The van der Waals surface area contributed by atoms with Gasteiger partial charge >= 0.3 is 0 Å². The zero-order valence-corrected chi connectivity index (χ0v) is 14.5. The molecule has 2 atom stereocenters. The molecule has 1 fully saturated rings. The Balaban J connectivity index is 1.98. The highest BCUT2D eigenvalue weighted by Crippen LogP contribution is 2.18. The fourth-order valence-electron chi connectivity index (χ4n) is 2.70. The van der Waals surface area contributed by atoms with E-state index in [1.165, 1.54) is 0 Å². The van der Waals surface area contributed by atoms with E-state index in [9.17, 15) is 13.8 Å². The molecule has 6 heteroatoms. The minimum Gasteiger partial charge on any atom is -0.366 e. The molecule has 2 N–H and O–H groups in total. The second-order valence-electron chi connectivity index (χ2n) is 6.24. The molecule has 0 aromatic heterocycles. The molecule has 5 nitrogen and oxygen atoms in total. The predicted molar refractivity (Wildman–Crippen MR) is 91.2 cm³/mol. The molecule has 2 amide bonds. The van der Waals surface area contributed by atoms with Crippen molar-refractivity contribution in [1.29, 1.82) is 0 Å². The van der Waals surface area contributed by atoms with Crippen LogP contribution in [0.2, 0.25) is 0 Å². The maximum atomic E-state index is 12.5.